The van der Waals surface area contributed by atoms with Gasteiger partial charge in [-0.05, 0) is 57.0 Å². The van der Waals surface area contributed by atoms with Crippen LogP contribution in [0, 0.1) is 0 Å². The van der Waals surface area contributed by atoms with E-state index in [1.54, 1.807) is 6.20 Å². The van der Waals surface area contributed by atoms with E-state index >= 15 is 0 Å². The number of aromatic nitrogens is 2. The molecule has 3 aliphatic heterocycles. The predicted molar refractivity (Wildman–Crippen MR) is 131 cm³/mol. The lowest BCUT2D eigenvalue weighted by atomic mass is 10.00. The topological polar surface area (TPSA) is 76.6 Å². The van der Waals surface area contributed by atoms with Crippen molar-refractivity contribution in [2.75, 3.05) is 26.2 Å². The monoisotopic (exact) mass is 486 g/mol. The Morgan fingerprint density at radius 3 is 2.52 bits per heavy atom. The maximum absolute atomic E-state index is 12.4. The van der Waals surface area contributed by atoms with Gasteiger partial charge >= 0.3 is 0 Å². The summed E-state index contributed by atoms with van der Waals surface area (Å²) in [7, 11) is 0. The second-order valence-electron chi connectivity index (χ2n) is 7.88. The number of likely N-dealkylation sites (tertiary alicyclic amines) is 2. The number of halogens is 3. The molecule has 10 heteroatoms. The van der Waals surface area contributed by atoms with Crippen molar-refractivity contribution in [1.82, 2.24) is 25.1 Å². The van der Waals surface area contributed by atoms with E-state index in [2.05, 4.69) is 30.1 Å². The highest BCUT2D eigenvalue weighted by molar-refractivity contribution is 6.14. The maximum atomic E-state index is 12.4. The van der Waals surface area contributed by atoms with E-state index in [1.165, 1.54) is 32.4 Å². The molecule has 2 aromatic rings. The third-order valence-corrected chi connectivity index (χ3v) is 6.13. The highest BCUT2D eigenvalue weighted by atomic mass is 35.5. The van der Waals surface area contributed by atoms with Crippen molar-refractivity contribution in [1.29, 1.82) is 0 Å². The number of nitrogens with zero attached hydrogens (tertiary/aromatic N) is 4. The fourth-order valence-electron chi connectivity index (χ4n) is 4.58. The molecule has 0 unspecified atom stereocenters. The van der Waals surface area contributed by atoms with E-state index < -0.39 is 0 Å². The van der Waals surface area contributed by atoms with Crippen LogP contribution >= 0.6 is 37.2 Å². The first-order chi connectivity index (χ1) is 13.8. The summed E-state index contributed by atoms with van der Waals surface area (Å²) in [5.41, 5.74) is 2.21. The van der Waals surface area contributed by atoms with Gasteiger partial charge in [0.1, 0.15) is 11.3 Å². The van der Waals surface area contributed by atoms with Gasteiger partial charge in [0, 0.05) is 42.5 Å². The van der Waals surface area contributed by atoms with Gasteiger partial charge in [0.15, 0.2) is 0 Å². The zero-order valence-electron chi connectivity index (χ0n) is 17.2. The summed E-state index contributed by atoms with van der Waals surface area (Å²) >= 11 is 0. The Kier molecular flexibility index (Phi) is 9.18. The number of aromatic amines is 1. The largest absolute Gasteiger partial charge is 0.346 e. The number of hydrogen-bond donors (Lipinski definition) is 2. The molecule has 31 heavy (non-hydrogen) atoms. The standard InChI is InChI=1S/C21H26N6O.3ClH/c28-20-18(13-15-14-23-19-17(15)5-4-8-22-19)24-21(25-20)27-11-6-16(7-12-27)26-9-2-1-3-10-26;;;/h4-5,8,13-14,16H,1-3,6-7,9-12H2,(H,22,23)(H,24,25,28);3*1H/b18-13-;;;. The summed E-state index contributed by atoms with van der Waals surface area (Å²) in [6, 6.07) is 4.57. The number of fused-ring (bicyclic) bond motifs is 1. The molecule has 3 aliphatic rings. The van der Waals surface area contributed by atoms with Gasteiger partial charge < -0.3 is 14.8 Å². The maximum Gasteiger partial charge on any atom is 0.276 e. The predicted octanol–water partition coefficient (Wildman–Crippen LogP) is 3.61. The van der Waals surface area contributed by atoms with E-state index in [4.69, 9.17) is 0 Å². The molecule has 1 amide bonds. The van der Waals surface area contributed by atoms with Gasteiger partial charge in [-0.2, -0.15) is 0 Å². The number of rotatable bonds is 2. The minimum Gasteiger partial charge on any atom is -0.346 e. The lowest BCUT2D eigenvalue weighted by Gasteiger charge is -2.40. The molecule has 2 aromatic heterocycles. The zero-order chi connectivity index (χ0) is 18.9. The number of pyridine rings is 1. The Morgan fingerprint density at radius 1 is 1.03 bits per heavy atom. The third-order valence-electron chi connectivity index (χ3n) is 6.13. The summed E-state index contributed by atoms with van der Waals surface area (Å²) in [5, 5.41) is 3.95. The number of hydrogen-bond acceptors (Lipinski definition) is 5. The van der Waals surface area contributed by atoms with Crippen molar-refractivity contribution < 1.29 is 4.79 Å². The molecule has 2 saturated heterocycles. The quantitative estimate of drug-likeness (QED) is 0.635. The number of nitrogens with one attached hydrogen (secondary N) is 2. The van der Waals surface area contributed by atoms with Crippen molar-refractivity contribution in [2.24, 2.45) is 4.99 Å². The average Bonchev–Trinajstić information content (AvgIpc) is 3.33. The molecular formula is C21H29Cl3N6O. The van der Waals surface area contributed by atoms with Crippen molar-refractivity contribution >= 4 is 66.2 Å². The Balaban J connectivity index is 0.00000114. The van der Waals surface area contributed by atoms with Crippen molar-refractivity contribution in [3.8, 4) is 0 Å². The number of guanidine groups is 1. The molecule has 2 N–H and O–H groups in total. The van der Waals surface area contributed by atoms with Gasteiger partial charge in [0.25, 0.3) is 5.91 Å². The van der Waals surface area contributed by atoms with Crippen LogP contribution in [0.2, 0.25) is 0 Å². The molecule has 0 bridgehead atoms. The minimum absolute atomic E-state index is 0. The van der Waals surface area contributed by atoms with Gasteiger partial charge in [0.2, 0.25) is 5.96 Å². The fraction of sp³-hybridized carbons (Fsp3) is 0.476. The van der Waals surface area contributed by atoms with Crippen LogP contribution in [0.25, 0.3) is 17.1 Å². The van der Waals surface area contributed by atoms with Crippen LogP contribution in [0.15, 0.2) is 35.2 Å². The first-order valence-corrected chi connectivity index (χ1v) is 10.3. The number of carbonyl (C=O) groups excluding carboxylic acids is 1. The molecule has 0 saturated carbocycles. The van der Waals surface area contributed by atoms with E-state index in [0.29, 0.717) is 17.7 Å². The van der Waals surface area contributed by atoms with Crippen LogP contribution in [0.5, 0.6) is 0 Å². The number of piperidine rings is 2. The van der Waals surface area contributed by atoms with Crippen molar-refractivity contribution in [3.63, 3.8) is 0 Å². The smallest absolute Gasteiger partial charge is 0.276 e. The first-order valence-electron chi connectivity index (χ1n) is 10.3. The molecule has 0 radical (unpaired) electrons. The molecular weight excluding hydrogens is 459 g/mol. The number of aliphatic imine (C=N–C) groups is 1. The van der Waals surface area contributed by atoms with Crippen molar-refractivity contribution in [3.05, 3.63) is 35.8 Å². The summed E-state index contributed by atoms with van der Waals surface area (Å²) in [4.78, 5) is 29.4. The minimum atomic E-state index is -0.133. The highest BCUT2D eigenvalue weighted by Gasteiger charge is 2.30. The molecule has 170 valence electrons. The Hall–Kier alpha value is -1.80. The average molecular weight is 488 g/mol. The van der Waals surface area contributed by atoms with Crippen LogP contribution < -0.4 is 5.32 Å². The Bertz CT molecular complexity index is 945. The van der Waals surface area contributed by atoms with Crippen LogP contribution in [0.1, 0.15) is 37.7 Å². The van der Waals surface area contributed by atoms with Crippen LogP contribution in [-0.4, -0.2) is 63.9 Å². The summed E-state index contributed by atoms with van der Waals surface area (Å²) in [5.74, 6) is 0.567. The molecule has 7 nitrogen and oxygen atoms in total. The molecule has 0 aromatic carbocycles. The summed E-state index contributed by atoms with van der Waals surface area (Å²) in [6.45, 7) is 4.39. The molecule has 0 spiro atoms. The highest BCUT2D eigenvalue weighted by Crippen LogP contribution is 2.23. The van der Waals surface area contributed by atoms with Gasteiger partial charge in [-0.15, -0.1) is 37.2 Å². The fourth-order valence-corrected chi connectivity index (χ4v) is 4.58. The summed E-state index contributed by atoms with van der Waals surface area (Å²) in [6.07, 6.45) is 11.8. The van der Waals surface area contributed by atoms with E-state index in [1.807, 2.05) is 24.4 Å². The molecule has 0 atom stereocenters. The SMILES string of the molecule is Cl.Cl.Cl.O=C1NC(N2CCC(N3CCCCC3)CC2)=N/C1=C\c1c[nH]c2ncccc12. The van der Waals surface area contributed by atoms with Gasteiger partial charge in [-0.3, -0.25) is 10.1 Å². The molecule has 0 aliphatic carbocycles. The van der Waals surface area contributed by atoms with Crippen molar-refractivity contribution in [2.45, 2.75) is 38.1 Å². The normalized spacial score (nSPS) is 21.2. The van der Waals surface area contributed by atoms with E-state index in [9.17, 15) is 4.79 Å². The second kappa shape index (κ2) is 11.2. The lowest BCUT2D eigenvalue weighted by molar-refractivity contribution is -0.115. The zero-order valence-corrected chi connectivity index (χ0v) is 19.7. The Morgan fingerprint density at radius 2 is 1.77 bits per heavy atom. The molecule has 2 fully saturated rings. The first kappa shape index (κ1) is 25.5. The number of H-pyrrole nitrogens is 1. The van der Waals surface area contributed by atoms with Crippen LogP contribution in [-0.2, 0) is 4.79 Å². The number of amides is 1. The molecule has 5 heterocycles. The van der Waals surface area contributed by atoms with E-state index in [-0.39, 0.29) is 43.1 Å². The summed E-state index contributed by atoms with van der Waals surface area (Å²) < 4.78 is 0. The number of carbonyl (C=O) groups is 1. The van der Waals surface area contributed by atoms with E-state index in [0.717, 1.165) is 42.5 Å². The molecule has 5 rings (SSSR count). The Labute approximate surface area is 201 Å². The third kappa shape index (κ3) is 5.34. The van der Waals surface area contributed by atoms with Gasteiger partial charge in [-0.1, -0.05) is 6.42 Å². The van der Waals surface area contributed by atoms with Gasteiger partial charge in [-0.25, -0.2) is 9.98 Å². The van der Waals surface area contributed by atoms with Crippen LogP contribution in [0.4, 0.5) is 0 Å². The van der Waals surface area contributed by atoms with Gasteiger partial charge in [0.05, 0.1) is 0 Å². The second-order valence-corrected chi connectivity index (χ2v) is 7.88. The van der Waals surface area contributed by atoms with Crippen LogP contribution in [0.3, 0.4) is 0 Å². The lowest BCUT2D eigenvalue weighted by Crippen LogP contribution is -2.50.